The van der Waals surface area contributed by atoms with E-state index < -0.39 is 0 Å². The third-order valence-electron chi connectivity index (χ3n) is 4.90. The Labute approximate surface area is 164 Å². The molecule has 0 aliphatic carbocycles. The van der Waals surface area contributed by atoms with Gasteiger partial charge >= 0.3 is 0 Å². The smallest absolute Gasteiger partial charge is 0.280 e. The summed E-state index contributed by atoms with van der Waals surface area (Å²) in [6.45, 7) is 2.42. The van der Waals surface area contributed by atoms with Crippen LogP contribution in [0.3, 0.4) is 0 Å². The summed E-state index contributed by atoms with van der Waals surface area (Å²) in [6.07, 6.45) is 5.30. The Morgan fingerprint density at radius 1 is 0.893 bits per heavy atom. The molecule has 6 heteroatoms. The Bertz CT molecular complexity index is 893. The second-order valence-corrected chi connectivity index (χ2v) is 6.89. The molecule has 0 N–H and O–H groups in total. The first-order chi connectivity index (χ1) is 13.8. The molecule has 1 aromatic carbocycles. The zero-order chi connectivity index (χ0) is 19.2. The van der Waals surface area contributed by atoms with E-state index in [1.165, 1.54) is 19.3 Å². The van der Waals surface area contributed by atoms with Gasteiger partial charge < -0.3 is 4.90 Å². The minimum atomic E-state index is -0.208. The van der Waals surface area contributed by atoms with Crippen molar-refractivity contribution in [2.75, 3.05) is 22.9 Å². The maximum atomic E-state index is 13.2. The van der Waals surface area contributed by atoms with Crippen molar-refractivity contribution in [3.05, 3.63) is 78.1 Å². The quantitative estimate of drug-likeness (QED) is 0.682. The van der Waals surface area contributed by atoms with Crippen molar-refractivity contribution in [3.8, 4) is 0 Å². The van der Waals surface area contributed by atoms with Crippen LogP contribution in [0.4, 0.5) is 11.6 Å². The molecule has 1 amide bonds. The van der Waals surface area contributed by atoms with E-state index in [4.69, 9.17) is 0 Å². The molecule has 1 aliphatic heterocycles. The normalized spacial score (nSPS) is 13.9. The van der Waals surface area contributed by atoms with E-state index in [0.29, 0.717) is 18.1 Å². The van der Waals surface area contributed by atoms with Gasteiger partial charge in [0, 0.05) is 19.3 Å². The average molecular weight is 373 g/mol. The monoisotopic (exact) mass is 373 g/mol. The number of nitrogens with zero attached hydrogens (tertiary/aromatic N) is 5. The van der Waals surface area contributed by atoms with Crippen molar-refractivity contribution >= 4 is 17.5 Å². The van der Waals surface area contributed by atoms with E-state index in [1.54, 1.807) is 17.2 Å². The lowest BCUT2D eigenvalue weighted by molar-refractivity contribution is 0.0978. The number of aromatic nitrogens is 3. The lowest BCUT2D eigenvalue weighted by Crippen LogP contribution is -2.33. The van der Waals surface area contributed by atoms with E-state index in [2.05, 4.69) is 20.1 Å². The molecule has 2 aromatic heterocycles. The van der Waals surface area contributed by atoms with E-state index in [1.807, 2.05) is 54.6 Å². The summed E-state index contributed by atoms with van der Waals surface area (Å²) in [5, 5.41) is 8.55. The first-order valence-corrected chi connectivity index (χ1v) is 9.67. The zero-order valence-corrected chi connectivity index (χ0v) is 15.7. The number of carbonyl (C=O) groups is 1. The second kappa shape index (κ2) is 8.61. The number of hydrogen-bond donors (Lipinski definition) is 0. The fourth-order valence-corrected chi connectivity index (χ4v) is 3.41. The van der Waals surface area contributed by atoms with Gasteiger partial charge in [-0.1, -0.05) is 36.4 Å². The van der Waals surface area contributed by atoms with Crippen LogP contribution in [0.2, 0.25) is 0 Å². The van der Waals surface area contributed by atoms with Gasteiger partial charge in [0.2, 0.25) is 0 Å². The van der Waals surface area contributed by atoms with Gasteiger partial charge in [0.25, 0.3) is 5.91 Å². The first kappa shape index (κ1) is 18.1. The summed E-state index contributed by atoms with van der Waals surface area (Å²) in [7, 11) is 0. The van der Waals surface area contributed by atoms with Crippen LogP contribution in [0.15, 0.2) is 66.9 Å². The fraction of sp³-hybridized carbons (Fsp3) is 0.273. The average Bonchev–Trinajstić information content (AvgIpc) is 2.79. The maximum Gasteiger partial charge on any atom is 0.280 e. The predicted octanol–water partition coefficient (Wildman–Crippen LogP) is 3.71. The topological polar surface area (TPSA) is 62.2 Å². The van der Waals surface area contributed by atoms with E-state index in [0.717, 1.165) is 24.5 Å². The maximum absolute atomic E-state index is 13.2. The Morgan fingerprint density at radius 2 is 1.68 bits per heavy atom. The minimum Gasteiger partial charge on any atom is -0.355 e. The Morgan fingerprint density at radius 3 is 2.36 bits per heavy atom. The van der Waals surface area contributed by atoms with E-state index in [-0.39, 0.29) is 5.91 Å². The number of amides is 1. The third-order valence-corrected chi connectivity index (χ3v) is 4.90. The highest BCUT2D eigenvalue weighted by Gasteiger charge is 2.21. The number of hydrogen-bond acceptors (Lipinski definition) is 5. The Kier molecular flexibility index (Phi) is 5.56. The highest BCUT2D eigenvalue weighted by Crippen LogP contribution is 2.19. The number of piperidine rings is 1. The van der Waals surface area contributed by atoms with Crippen LogP contribution in [0.1, 0.15) is 35.3 Å². The lowest BCUT2D eigenvalue weighted by atomic mass is 10.1. The van der Waals surface area contributed by atoms with Crippen molar-refractivity contribution in [2.45, 2.75) is 25.8 Å². The summed E-state index contributed by atoms with van der Waals surface area (Å²) in [5.41, 5.74) is 1.35. The molecule has 0 saturated carbocycles. The molecule has 0 atom stereocenters. The molecule has 1 aliphatic rings. The highest BCUT2D eigenvalue weighted by molar-refractivity contribution is 6.04. The summed E-state index contributed by atoms with van der Waals surface area (Å²) in [4.78, 5) is 21.4. The van der Waals surface area contributed by atoms with Gasteiger partial charge in [0.15, 0.2) is 11.5 Å². The van der Waals surface area contributed by atoms with Gasteiger partial charge in [-0.2, -0.15) is 0 Å². The van der Waals surface area contributed by atoms with Crippen molar-refractivity contribution in [1.29, 1.82) is 0 Å². The molecular formula is C22H23N5O. The highest BCUT2D eigenvalue weighted by atomic mass is 16.2. The van der Waals surface area contributed by atoms with E-state index >= 15 is 0 Å². The van der Waals surface area contributed by atoms with Gasteiger partial charge in [-0.05, 0) is 49.1 Å². The molecule has 3 aromatic rings. The third kappa shape index (κ3) is 4.17. The minimum absolute atomic E-state index is 0.208. The molecule has 142 valence electrons. The molecule has 1 saturated heterocycles. The number of pyridine rings is 1. The molecular weight excluding hydrogens is 350 g/mol. The van der Waals surface area contributed by atoms with Gasteiger partial charge in [-0.25, -0.2) is 4.98 Å². The predicted molar refractivity (Wildman–Crippen MR) is 109 cm³/mol. The first-order valence-electron chi connectivity index (χ1n) is 9.67. The molecule has 0 bridgehead atoms. The number of rotatable bonds is 5. The molecule has 4 rings (SSSR count). The molecule has 3 heterocycles. The van der Waals surface area contributed by atoms with Crippen LogP contribution in [0.5, 0.6) is 0 Å². The van der Waals surface area contributed by atoms with Crippen molar-refractivity contribution in [1.82, 2.24) is 15.2 Å². The van der Waals surface area contributed by atoms with E-state index in [9.17, 15) is 4.79 Å². The zero-order valence-electron chi connectivity index (χ0n) is 15.7. The van der Waals surface area contributed by atoms with Crippen LogP contribution in [0.25, 0.3) is 0 Å². The fourth-order valence-electron chi connectivity index (χ4n) is 3.41. The number of anilines is 2. The van der Waals surface area contributed by atoms with Gasteiger partial charge in [0.05, 0.1) is 6.54 Å². The summed E-state index contributed by atoms with van der Waals surface area (Å²) >= 11 is 0. The van der Waals surface area contributed by atoms with Crippen LogP contribution in [-0.2, 0) is 6.54 Å². The number of carbonyl (C=O) groups excluding carboxylic acids is 1. The standard InChI is InChI=1S/C22H23N5O/c28-22(19-12-13-21(25-24-19)26-15-7-2-8-16-26)27(20-11-5-6-14-23-20)17-18-9-3-1-4-10-18/h1,3-6,9-14H,2,7-8,15-17H2. The summed E-state index contributed by atoms with van der Waals surface area (Å²) < 4.78 is 0. The van der Waals surface area contributed by atoms with Crippen LogP contribution >= 0.6 is 0 Å². The summed E-state index contributed by atoms with van der Waals surface area (Å²) in [5.74, 6) is 1.22. The molecule has 6 nitrogen and oxygen atoms in total. The second-order valence-electron chi connectivity index (χ2n) is 6.89. The van der Waals surface area contributed by atoms with Crippen molar-refractivity contribution in [2.24, 2.45) is 0 Å². The number of benzene rings is 1. The Hall–Kier alpha value is -3.28. The molecule has 0 radical (unpaired) electrons. The largest absolute Gasteiger partial charge is 0.355 e. The van der Waals surface area contributed by atoms with Crippen molar-refractivity contribution in [3.63, 3.8) is 0 Å². The van der Waals surface area contributed by atoms with Gasteiger partial charge in [0.1, 0.15) is 5.82 Å². The van der Waals surface area contributed by atoms with Gasteiger partial charge in [-0.15, -0.1) is 10.2 Å². The lowest BCUT2D eigenvalue weighted by Gasteiger charge is -2.27. The SMILES string of the molecule is O=C(c1ccc(N2CCCCC2)nn1)N(Cc1ccccc1)c1ccccn1. The Balaban J connectivity index is 1.58. The van der Waals surface area contributed by atoms with Crippen LogP contribution < -0.4 is 9.80 Å². The van der Waals surface area contributed by atoms with Gasteiger partial charge in [-0.3, -0.25) is 9.69 Å². The molecule has 1 fully saturated rings. The van der Waals surface area contributed by atoms with Crippen molar-refractivity contribution < 1.29 is 4.79 Å². The molecule has 28 heavy (non-hydrogen) atoms. The van der Waals surface area contributed by atoms with Crippen LogP contribution in [-0.4, -0.2) is 34.2 Å². The summed E-state index contributed by atoms with van der Waals surface area (Å²) in [6, 6.07) is 19.1. The van der Waals surface area contributed by atoms with Crippen LogP contribution in [0, 0.1) is 0 Å². The molecule has 0 unspecified atom stereocenters. The molecule has 0 spiro atoms.